The van der Waals surface area contributed by atoms with Gasteiger partial charge in [-0.1, -0.05) is 48.5 Å². The van der Waals surface area contributed by atoms with E-state index in [0.29, 0.717) is 11.3 Å². The summed E-state index contributed by atoms with van der Waals surface area (Å²) in [6.45, 7) is -0.781. The van der Waals surface area contributed by atoms with Gasteiger partial charge in [0.1, 0.15) is 11.6 Å². The molecule has 0 heterocycles. The molecule has 0 unspecified atom stereocenters. The molecule has 0 radical (unpaired) electrons. The van der Waals surface area contributed by atoms with E-state index >= 15 is 0 Å². The molecule has 0 aliphatic rings. The van der Waals surface area contributed by atoms with Crippen LogP contribution in [-0.2, 0) is 20.9 Å². The first-order valence-corrected chi connectivity index (χ1v) is 9.29. The highest BCUT2D eigenvalue weighted by Crippen LogP contribution is 2.32. The third-order valence-electron chi connectivity index (χ3n) is 3.97. The number of esters is 1. The molecular formula is C21H17BrFNO4. The van der Waals surface area contributed by atoms with Crippen LogP contribution in [0.4, 0.5) is 4.39 Å². The van der Waals surface area contributed by atoms with E-state index in [1.165, 1.54) is 6.07 Å². The predicted molar refractivity (Wildman–Crippen MR) is 106 cm³/mol. The Kier molecular flexibility index (Phi) is 6.60. The van der Waals surface area contributed by atoms with Crippen LogP contribution in [-0.4, -0.2) is 25.1 Å². The van der Waals surface area contributed by atoms with Crippen molar-refractivity contribution in [2.45, 2.75) is 6.54 Å². The van der Waals surface area contributed by atoms with Gasteiger partial charge in [-0.2, -0.15) is 0 Å². The molecule has 1 amide bonds. The van der Waals surface area contributed by atoms with Gasteiger partial charge in [-0.15, -0.1) is 0 Å². The number of ether oxygens (including phenoxy) is 2. The fraction of sp³-hybridized carbons (Fsp3) is 0.143. The van der Waals surface area contributed by atoms with Gasteiger partial charge in [0, 0.05) is 12.1 Å². The number of hydrogen-bond donors (Lipinski definition) is 1. The van der Waals surface area contributed by atoms with Crippen LogP contribution < -0.4 is 10.1 Å². The molecule has 7 heteroatoms. The van der Waals surface area contributed by atoms with Crippen LogP contribution >= 0.6 is 15.9 Å². The van der Waals surface area contributed by atoms with Crippen LogP contribution in [0.5, 0.6) is 5.75 Å². The van der Waals surface area contributed by atoms with E-state index in [2.05, 4.69) is 21.2 Å². The number of carbonyl (C=O) groups excluding carboxylic acids is 2. The van der Waals surface area contributed by atoms with Crippen molar-refractivity contribution in [3.63, 3.8) is 0 Å². The van der Waals surface area contributed by atoms with Gasteiger partial charge < -0.3 is 14.8 Å². The molecule has 1 N–H and O–H groups in total. The molecule has 0 aliphatic heterocycles. The molecule has 3 rings (SSSR count). The highest BCUT2D eigenvalue weighted by atomic mass is 79.9. The zero-order valence-electron chi connectivity index (χ0n) is 14.8. The molecule has 0 fully saturated rings. The standard InChI is InChI=1S/C21H17BrFNO4/c22-21-16-7-3-1-5-14(16)9-10-18(21)27-13-20(26)28-12-19(25)24-11-15-6-2-4-8-17(15)23/h1-10H,11-13H2,(H,24,25). The summed E-state index contributed by atoms with van der Waals surface area (Å²) >= 11 is 3.47. The number of rotatable bonds is 7. The third kappa shape index (κ3) is 5.07. The molecule has 0 atom stereocenters. The highest BCUT2D eigenvalue weighted by molar-refractivity contribution is 9.10. The number of carbonyl (C=O) groups is 2. The van der Waals surface area contributed by atoms with Gasteiger partial charge in [0.05, 0.1) is 4.47 Å². The lowest BCUT2D eigenvalue weighted by Crippen LogP contribution is -2.29. The van der Waals surface area contributed by atoms with Crippen molar-refractivity contribution in [1.82, 2.24) is 5.32 Å². The number of halogens is 2. The molecule has 0 spiro atoms. The normalized spacial score (nSPS) is 10.5. The van der Waals surface area contributed by atoms with Crippen molar-refractivity contribution >= 4 is 38.6 Å². The Hall–Kier alpha value is -2.93. The fourth-order valence-corrected chi connectivity index (χ4v) is 3.14. The summed E-state index contributed by atoms with van der Waals surface area (Å²) in [5, 5.41) is 4.49. The summed E-state index contributed by atoms with van der Waals surface area (Å²) in [6.07, 6.45) is 0. The van der Waals surface area contributed by atoms with E-state index in [9.17, 15) is 14.0 Å². The number of benzene rings is 3. The predicted octanol–water partition coefficient (Wildman–Crippen LogP) is 3.98. The molecule has 0 aromatic heterocycles. The van der Waals surface area contributed by atoms with E-state index in [1.807, 2.05) is 30.3 Å². The topological polar surface area (TPSA) is 64.6 Å². The Morgan fingerprint density at radius 1 is 0.964 bits per heavy atom. The zero-order chi connectivity index (χ0) is 19.9. The summed E-state index contributed by atoms with van der Waals surface area (Å²) < 4.78 is 24.6. The van der Waals surface area contributed by atoms with Crippen molar-refractivity contribution in [3.8, 4) is 5.75 Å². The molecule has 144 valence electrons. The largest absolute Gasteiger partial charge is 0.481 e. The summed E-state index contributed by atoms with van der Waals surface area (Å²) in [4.78, 5) is 23.6. The Balaban J connectivity index is 1.45. The third-order valence-corrected chi connectivity index (χ3v) is 4.79. The smallest absolute Gasteiger partial charge is 0.344 e. The first-order valence-electron chi connectivity index (χ1n) is 8.50. The van der Waals surface area contributed by atoms with E-state index in [0.717, 1.165) is 15.2 Å². The van der Waals surface area contributed by atoms with Crippen LogP contribution in [0.25, 0.3) is 10.8 Å². The van der Waals surface area contributed by atoms with Crippen LogP contribution in [0.15, 0.2) is 65.1 Å². The molecule has 0 saturated heterocycles. The van der Waals surface area contributed by atoms with Gasteiger partial charge in [0.2, 0.25) is 0 Å². The number of nitrogens with one attached hydrogen (secondary N) is 1. The molecule has 3 aromatic rings. The highest BCUT2D eigenvalue weighted by Gasteiger charge is 2.11. The lowest BCUT2D eigenvalue weighted by atomic mass is 10.1. The van der Waals surface area contributed by atoms with Gasteiger partial charge >= 0.3 is 5.97 Å². The molecule has 0 aliphatic carbocycles. The Morgan fingerprint density at radius 2 is 1.71 bits per heavy atom. The minimum atomic E-state index is -0.680. The van der Waals surface area contributed by atoms with E-state index in [-0.39, 0.29) is 13.2 Å². The average molecular weight is 446 g/mol. The fourth-order valence-electron chi connectivity index (χ4n) is 2.54. The summed E-state index contributed by atoms with van der Waals surface area (Å²) in [6, 6.07) is 17.5. The minimum absolute atomic E-state index is 0.0175. The number of fused-ring (bicyclic) bond motifs is 1. The second kappa shape index (κ2) is 9.32. The second-order valence-electron chi connectivity index (χ2n) is 5.92. The Bertz CT molecular complexity index is 1010. The minimum Gasteiger partial charge on any atom is -0.481 e. The molecular weight excluding hydrogens is 429 g/mol. The maximum Gasteiger partial charge on any atom is 0.344 e. The lowest BCUT2D eigenvalue weighted by Gasteiger charge is -2.10. The van der Waals surface area contributed by atoms with Crippen LogP contribution in [0.2, 0.25) is 0 Å². The SMILES string of the molecule is O=C(COC(=O)COc1ccc2ccccc2c1Br)NCc1ccccc1F. The van der Waals surface area contributed by atoms with Gasteiger partial charge in [0.15, 0.2) is 13.2 Å². The molecule has 3 aromatic carbocycles. The van der Waals surface area contributed by atoms with Crippen molar-refractivity contribution < 1.29 is 23.5 Å². The number of amides is 1. The van der Waals surface area contributed by atoms with E-state index < -0.39 is 24.3 Å². The maximum absolute atomic E-state index is 13.5. The van der Waals surface area contributed by atoms with Crippen molar-refractivity contribution in [3.05, 3.63) is 76.5 Å². The maximum atomic E-state index is 13.5. The van der Waals surface area contributed by atoms with E-state index in [1.54, 1.807) is 24.3 Å². The summed E-state index contributed by atoms with van der Waals surface area (Å²) in [7, 11) is 0. The molecule has 5 nitrogen and oxygen atoms in total. The average Bonchev–Trinajstić information content (AvgIpc) is 2.71. The van der Waals surface area contributed by atoms with E-state index in [4.69, 9.17) is 9.47 Å². The first kappa shape index (κ1) is 19.8. The van der Waals surface area contributed by atoms with Gasteiger partial charge in [-0.25, -0.2) is 9.18 Å². The first-order chi connectivity index (χ1) is 13.5. The van der Waals surface area contributed by atoms with Crippen LogP contribution in [0, 0.1) is 5.82 Å². The Labute approximate surface area is 169 Å². The molecule has 0 bridgehead atoms. The Morgan fingerprint density at radius 3 is 2.54 bits per heavy atom. The summed E-state index contributed by atoms with van der Waals surface area (Å²) in [5.41, 5.74) is 0.353. The zero-order valence-corrected chi connectivity index (χ0v) is 16.4. The van der Waals surface area contributed by atoms with Gasteiger partial charge in [0.25, 0.3) is 5.91 Å². The molecule has 0 saturated carbocycles. The molecule has 28 heavy (non-hydrogen) atoms. The number of hydrogen-bond acceptors (Lipinski definition) is 4. The van der Waals surface area contributed by atoms with Crippen molar-refractivity contribution in [1.29, 1.82) is 0 Å². The van der Waals surface area contributed by atoms with Crippen LogP contribution in [0.1, 0.15) is 5.56 Å². The van der Waals surface area contributed by atoms with Gasteiger partial charge in [-0.05, 0) is 38.8 Å². The lowest BCUT2D eigenvalue weighted by molar-refractivity contribution is -0.150. The van der Waals surface area contributed by atoms with Gasteiger partial charge in [-0.3, -0.25) is 4.79 Å². The second-order valence-corrected chi connectivity index (χ2v) is 6.71. The van der Waals surface area contributed by atoms with Crippen molar-refractivity contribution in [2.75, 3.05) is 13.2 Å². The quantitative estimate of drug-likeness (QED) is 0.558. The summed E-state index contributed by atoms with van der Waals surface area (Å²) in [5.74, 6) is -1.11. The monoisotopic (exact) mass is 445 g/mol. The van der Waals surface area contributed by atoms with Crippen LogP contribution in [0.3, 0.4) is 0 Å². The van der Waals surface area contributed by atoms with Crippen molar-refractivity contribution in [2.24, 2.45) is 0 Å².